The molecule has 2 aromatic heterocycles. The normalized spacial score (nSPS) is 13.4. The van der Waals surface area contributed by atoms with Crippen LogP contribution in [0.3, 0.4) is 0 Å². The molecule has 0 fully saturated rings. The fraction of sp³-hybridized carbons (Fsp3) is 0.375. The van der Waals surface area contributed by atoms with Crippen LogP contribution in [0.15, 0.2) is 17.0 Å². The summed E-state index contributed by atoms with van der Waals surface area (Å²) in [4.78, 5) is 4.07. The Morgan fingerprint density at radius 1 is 1.57 bits per heavy atom. The van der Waals surface area contributed by atoms with Gasteiger partial charge in [0, 0.05) is 24.9 Å². The molecule has 6 heteroatoms. The Kier molecular flexibility index (Phi) is 2.47. The van der Waals surface area contributed by atoms with Gasteiger partial charge in [-0.1, -0.05) is 6.92 Å². The molecule has 0 bridgehead atoms. The maximum Gasteiger partial charge on any atom is 0.193 e. The average molecular weight is 256 g/mol. The number of fused-ring (bicyclic) bond motifs is 1. The van der Waals surface area contributed by atoms with Crippen LogP contribution in [0.4, 0.5) is 0 Å². The molecule has 0 spiro atoms. The smallest absolute Gasteiger partial charge is 0.193 e. The number of aromatic nitrogens is 4. The first-order valence-electron chi connectivity index (χ1n) is 4.29. The van der Waals surface area contributed by atoms with Gasteiger partial charge < -0.3 is 5.73 Å². The van der Waals surface area contributed by atoms with Gasteiger partial charge in [0.2, 0.25) is 0 Å². The summed E-state index contributed by atoms with van der Waals surface area (Å²) < 4.78 is 2.59. The minimum atomic E-state index is 0.194. The largest absolute Gasteiger partial charge is 0.330 e. The summed E-state index contributed by atoms with van der Waals surface area (Å²) in [5.41, 5.74) is 6.31. The van der Waals surface area contributed by atoms with E-state index in [1.165, 1.54) is 0 Å². The Hall–Kier alpha value is -1.01. The topological polar surface area (TPSA) is 69.1 Å². The molecule has 0 aliphatic rings. The molecule has 0 aromatic carbocycles. The van der Waals surface area contributed by atoms with Crippen LogP contribution in [0.1, 0.15) is 18.7 Å². The molecule has 5 nitrogen and oxygen atoms in total. The third kappa shape index (κ3) is 1.40. The summed E-state index contributed by atoms with van der Waals surface area (Å²) in [6.45, 7) is 2.57. The van der Waals surface area contributed by atoms with E-state index < -0.39 is 0 Å². The van der Waals surface area contributed by atoms with E-state index in [1.807, 2.05) is 17.5 Å². The lowest BCUT2D eigenvalue weighted by Gasteiger charge is -2.05. The van der Waals surface area contributed by atoms with Crippen molar-refractivity contribution in [2.45, 2.75) is 12.8 Å². The highest BCUT2D eigenvalue weighted by molar-refractivity contribution is 9.10. The molecular weight excluding hydrogens is 246 g/mol. The summed E-state index contributed by atoms with van der Waals surface area (Å²) in [6.07, 6.45) is 3.54. The van der Waals surface area contributed by atoms with E-state index in [1.54, 1.807) is 6.20 Å². The van der Waals surface area contributed by atoms with E-state index in [2.05, 4.69) is 31.1 Å². The quantitative estimate of drug-likeness (QED) is 0.868. The van der Waals surface area contributed by atoms with E-state index in [9.17, 15) is 0 Å². The van der Waals surface area contributed by atoms with Gasteiger partial charge in [-0.05, 0) is 15.9 Å². The standard InChI is InChI=1S/C8H10BrN5/c1-5(4-10)7-12-13-8-6(9)11-2-3-14(7)8/h2-3,5H,4,10H2,1H3. The molecular formula is C8H10BrN5. The van der Waals surface area contributed by atoms with Crippen molar-refractivity contribution >= 4 is 21.6 Å². The molecule has 0 radical (unpaired) electrons. The van der Waals surface area contributed by atoms with Crippen LogP contribution in [0.25, 0.3) is 5.65 Å². The van der Waals surface area contributed by atoms with E-state index in [-0.39, 0.29) is 5.92 Å². The Morgan fingerprint density at radius 2 is 2.36 bits per heavy atom. The van der Waals surface area contributed by atoms with E-state index in [0.717, 1.165) is 11.5 Å². The lowest BCUT2D eigenvalue weighted by atomic mass is 10.2. The molecule has 0 aliphatic carbocycles. The lowest BCUT2D eigenvalue weighted by Crippen LogP contribution is -2.12. The van der Waals surface area contributed by atoms with Crippen LogP contribution in [0.5, 0.6) is 0 Å². The zero-order valence-corrected chi connectivity index (χ0v) is 9.27. The average Bonchev–Trinajstić information content (AvgIpc) is 2.62. The molecule has 2 heterocycles. The van der Waals surface area contributed by atoms with Crippen molar-refractivity contribution in [2.75, 3.05) is 6.54 Å². The van der Waals surface area contributed by atoms with Crippen LogP contribution in [-0.2, 0) is 0 Å². The summed E-state index contributed by atoms with van der Waals surface area (Å²) >= 11 is 3.32. The number of hydrogen-bond acceptors (Lipinski definition) is 4. The predicted octanol–water partition coefficient (Wildman–Crippen LogP) is 0.949. The van der Waals surface area contributed by atoms with E-state index >= 15 is 0 Å². The van der Waals surface area contributed by atoms with Gasteiger partial charge >= 0.3 is 0 Å². The molecule has 2 aromatic rings. The molecule has 0 aliphatic heterocycles. The highest BCUT2D eigenvalue weighted by Crippen LogP contribution is 2.17. The van der Waals surface area contributed by atoms with Gasteiger partial charge in [-0.2, -0.15) is 0 Å². The van der Waals surface area contributed by atoms with Crippen LogP contribution in [0, 0.1) is 0 Å². The van der Waals surface area contributed by atoms with E-state index in [0.29, 0.717) is 11.1 Å². The summed E-state index contributed by atoms with van der Waals surface area (Å²) in [7, 11) is 0. The highest BCUT2D eigenvalue weighted by atomic mass is 79.9. The van der Waals surface area contributed by atoms with Gasteiger partial charge in [0.05, 0.1) is 0 Å². The second-order valence-corrected chi connectivity index (χ2v) is 3.86. The van der Waals surface area contributed by atoms with Crippen molar-refractivity contribution in [1.82, 2.24) is 19.6 Å². The number of halogens is 1. The molecule has 0 saturated heterocycles. The third-order valence-corrected chi connectivity index (χ3v) is 2.66. The molecule has 74 valence electrons. The van der Waals surface area contributed by atoms with Crippen molar-refractivity contribution in [1.29, 1.82) is 0 Å². The Labute approximate surface area is 89.5 Å². The second-order valence-electron chi connectivity index (χ2n) is 3.11. The second kappa shape index (κ2) is 3.62. The zero-order chi connectivity index (χ0) is 10.1. The van der Waals surface area contributed by atoms with Gasteiger partial charge in [-0.15, -0.1) is 10.2 Å². The third-order valence-electron chi connectivity index (χ3n) is 2.10. The van der Waals surface area contributed by atoms with Crippen molar-refractivity contribution in [3.05, 3.63) is 22.8 Å². The molecule has 0 saturated carbocycles. The van der Waals surface area contributed by atoms with Crippen molar-refractivity contribution in [3.8, 4) is 0 Å². The number of rotatable bonds is 2. The monoisotopic (exact) mass is 255 g/mol. The number of nitrogens with two attached hydrogens (primary N) is 1. The minimum Gasteiger partial charge on any atom is -0.330 e. The van der Waals surface area contributed by atoms with Gasteiger partial charge in [0.15, 0.2) is 10.3 Å². The predicted molar refractivity (Wildman–Crippen MR) is 56.0 cm³/mol. The van der Waals surface area contributed by atoms with Crippen molar-refractivity contribution in [3.63, 3.8) is 0 Å². The molecule has 2 N–H and O–H groups in total. The molecule has 1 unspecified atom stereocenters. The van der Waals surface area contributed by atoms with Crippen molar-refractivity contribution in [2.24, 2.45) is 5.73 Å². The summed E-state index contributed by atoms with van der Waals surface area (Å²) in [5, 5.41) is 8.13. The fourth-order valence-electron chi connectivity index (χ4n) is 1.26. The molecule has 0 amide bonds. The molecule has 2 rings (SSSR count). The maximum absolute atomic E-state index is 5.58. The van der Waals surface area contributed by atoms with Gasteiger partial charge in [0.1, 0.15) is 5.82 Å². The first-order chi connectivity index (χ1) is 6.74. The van der Waals surface area contributed by atoms with Gasteiger partial charge in [-0.3, -0.25) is 4.40 Å². The Morgan fingerprint density at radius 3 is 3.07 bits per heavy atom. The first kappa shape index (κ1) is 9.54. The van der Waals surface area contributed by atoms with Gasteiger partial charge in [0.25, 0.3) is 0 Å². The van der Waals surface area contributed by atoms with Gasteiger partial charge in [-0.25, -0.2) is 4.98 Å². The highest BCUT2D eigenvalue weighted by Gasteiger charge is 2.13. The molecule has 14 heavy (non-hydrogen) atoms. The zero-order valence-electron chi connectivity index (χ0n) is 7.68. The Bertz CT molecular complexity index is 452. The fourth-order valence-corrected chi connectivity index (χ4v) is 1.64. The summed E-state index contributed by atoms with van der Waals surface area (Å²) in [5.74, 6) is 1.06. The van der Waals surface area contributed by atoms with Crippen LogP contribution < -0.4 is 5.73 Å². The van der Waals surface area contributed by atoms with Crippen LogP contribution >= 0.6 is 15.9 Å². The first-order valence-corrected chi connectivity index (χ1v) is 5.08. The van der Waals surface area contributed by atoms with Crippen molar-refractivity contribution < 1.29 is 0 Å². The lowest BCUT2D eigenvalue weighted by molar-refractivity contribution is 0.700. The SMILES string of the molecule is CC(CN)c1nnc2c(Br)nccn12. The van der Waals surface area contributed by atoms with Crippen LogP contribution in [-0.4, -0.2) is 26.1 Å². The number of hydrogen-bond donors (Lipinski definition) is 1. The van der Waals surface area contributed by atoms with E-state index in [4.69, 9.17) is 5.73 Å². The maximum atomic E-state index is 5.58. The minimum absolute atomic E-state index is 0.194. The summed E-state index contributed by atoms with van der Waals surface area (Å²) in [6, 6.07) is 0. The number of nitrogens with zero attached hydrogens (tertiary/aromatic N) is 4. The molecule has 1 atom stereocenters. The Balaban J connectivity index is 2.63. The van der Waals surface area contributed by atoms with Crippen LogP contribution in [0.2, 0.25) is 0 Å².